The second-order valence-electron chi connectivity index (χ2n) is 13.7. The topological polar surface area (TPSA) is 95.8 Å². The molecule has 3 saturated carbocycles. The molecule has 39 heavy (non-hydrogen) atoms. The molecular formula is C31H48N2O6. The van der Waals surface area contributed by atoms with Crippen molar-refractivity contribution in [1.82, 2.24) is 0 Å². The summed E-state index contributed by atoms with van der Waals surface area (Å²) in [5, 5.41) is 0. The Balaban J connectivity index is 1.21. The van der Waals surface area contributed by atoms with Crippen molar-refractivity contribution >= 4 is 23.7 Å². The summed E-state index contributed by atoms with van der Waals surface area (Å²) in [6, 6.07) is -1.32. The molecule has 0 aromatic heterocycles. The second-order valence-corrected chi connectivity index (χ2v) is 13.7. The van der Waals surface area contributed by atoms with E-state index in [-0.39, 0.29) is 37.4 Å². The lowest BCUT2D eigenvalue weighted by atomic mass is 9.75. The van der Waals surface area contributed by atoms with Crippen LogP contribution < -0.4 is 0 Å². The molecule has 2 heterocycles. The minimum absolute atomic E-state index is 0.0628. The van der Waals surface area contributed by atoms with E-state index in [4.69, 9.17) is 18.9 Å². The molecule has 2 unspecified atom stereocenters. The number of carbonyl (C=O) groups is 2. The molecule has 8 heteroatoms. The Bertz CT molecular complexity index is 912. The Morgan fingerprint density at radius 1 is 0.744 bits per heavy atom. The van der Waals surface area contributed by atoms with Crippen molar-refractivity contribution in [1.29, 1.82) is 0 Å². The lowest BCUT2D eigenvalue weighted by molar-refractivity contribution is -0.158. The van der Waals surface area contributed by atoms with Gasteiger partial charge in [-0.3, -0.25) is 0 Å². The Morgan fingerprint density at radius 3 is 1.51 bits per heavy atom. The van der Waals surface area contributed by atoms with Gasteiger partial charge in [0.15, 0.2) is 23.9 Å². The average molecular weight is 545 g/mol. The first kappa shape index (κ1) is 28.4. The van der Waals surface area contributed by atoms with E-state index in [0.29, 0.717) is 47.3 Å². The monoisotopic (exact) mass is 544 g/mol. The first-order valence-electron chi connectivity index (χ1n) is 15.4. The minimum Gasteiger partial charge on any atom is -0.477 e. The third kappa shape index (κ3) is 6.00. The van der Waals surface area contributed by atoms with E-state index in [1.165, 1.54) is 12.8 Å². The predicted octanol–water partition coefficient (Wildman–Crippen LogP) is 5.37. The van der Waals surface area contributed by atoms with Gasteiger partial charge in [-0.25, -0.2) is 19.6 Å². The normalized spacial score (nSPS) is 37.5. The van der Waals surface area contributed by atoms with Crippen molar-refractivity contribution in [3.63, 3.8) is 0 Å². The molecule has 0 aromatic carbocycles. The van der Waals surface area contributed by atoms with Crippen LogP contribution in [0.1, 0.15) is 92.9 Å². The quantitative estimate of drug-likeness (QED) is 0.381. The molecule has 0 spiro atoms. The maximum Gasteiger partial charge on any atom is 0.334 e. The zero-order valence-electron chi connectivity index (χ0n) is 24.7. The van der Waals surface area contributed by atoms with Gasteiger partial charge in [0.2, 0.25) is 0 Å². The van der Waals surface area contributed by atoms with Crippen LogP contribution in [0.4, 0.5) is 0 Å². The summed E-state index contributed by atoms with van der Waals surface area (Å²) < 4.78 is 24.0. The van der Waals surface area contributed by atoms with Gasteiger partial charge >= 0.3 is 11.9 Å². The number of hydrogen-bond donors (Lipinski definition) is 0. The smallest absolute Gasteiger partial charge is 0.334 e. The third-order valence-electron chi connectivity index (χ3n) is 9.87. The molecule has 5 aliphatic rings. The molecular weight excluding hydrogens is 496 g/mol. The Hall–Kier alpha value is -2.12. The van der Waals surface area contributed by atoms with Crippen molar-refractivity contribution in [3.05, 3.63) is 0 Å². The molecule has 0 bridgehead atoms. The standard InChI is InChI=1S/C31H48N2O6/c1-17(2)21-9-7-19(5)13-25(21)38-27(34)23-15-36-29(32-23)31(11-12-31)30-33-24(16-37-30)28(35)39-26-14-20(6)8-10-22(26)18(3)4/h17-26H,7-16H2,1-6H3/t19-,20-,21+,22+,23+,24+,25?,26?/m1/s1. The van der Waals surface area contributed by atoms with E-state index in [1.54, 1.807) is 0 Å². The molecule has 0 saturated heterocycles. The minimum atomic E-state index is -0.661. The number of esters is 2. The zero-order valence-corrected chi connectivity index (χ0v) is 24.7. The van der Waals surface area contributed by atoms with Crippen molar-refractivity contribution < 1.29 is 28.5 Å². The summed E-state index contributed by atoms with van der Waals surface area (Å²) >= 11 is 0. The summed E-state index contributed by atoms with van der Waals surface area (Å²) in [5.41, 5.74) is -0.566. The van der Waals surface area contributed by atoms with E-state index in [0.717, 1.165) is 38.5 Å². The van der Waals surface area contributed by atoms with Crippen LogP contribution in [0.3, 0.4) is 0 Å². The van der Waals surface area contributed by atoms with E-state index in [1.807, 2.05) is 0 Å². The summed E-state index contributed by atoms with van der Waals surface area (Å²) in [6.07, 6.45) is 7.79. The Labute approximate surface area is 233 Å². The molecule has 8 nitrogen and oxygen atoms in total. The molecule has 2 aliphatic heterocycles. The number of rotatable bonds is 8. The molecule has 3 fully saturated rings. The number of ether oxygens (including phenoxy) is 4. The van der Waals surface area contributed by atoms with Gasteiger partial charge in [-0.05, 0) is 74.0 Å². The number of hydrogen-bond acceptors (Lipinski definition) is 8. The van der Waals surface area contributed by atoms with E-state index in [9.17, 15) is 9.59 Å². The number of carbonyl (C=O) groups excluding carboxylic acids is 2. The molecule has 218 valence electrons. The SMILES string of the molecule is CC(C)[C@@H]1CC[C@@H](C)CC1OC(=O)[C@@H]1COC(C2(C3=N[C@H](C(=O)OC4C[C@H](C)CC[C@H]4C(C)C)CO3)CC2)=N1. The third-order valence-corrected chi connectivity index (χ3v) is 9.87. The molecule has 8 atom stereocenters. The maximum absolute atomic E-state index is 13.1. The van der Waals surface area contributed by atoms with Gasteiger partial charge in [0.1, 0.15) is 30.8 Å². The lowest BCUT2D eigenvalue weighted by Gasteiger charge is -2.36. The zero-order chi connectivity index (χ0) is 27.9. The largest absolute Gasteiger partial charge is 0.477 e. The van der Waals surface area contributed by atoms with Crippen molar-refractivity contribution in [3.8, 4) is 0 Å². The van der Waals surface area contributed by atoms with Crippen LogP contribution in [-0.2, 0) is 28.5 Å². The first-order valence-corrected chi connectivity index (χ1v) is 15.4. The van der Waals surface area contributed by atoms with Crippen LogP contribution in [0.2, 0.25) is 0 Å². The summed E-state index contributed by atoms with van der Waals surface area (Å²) in [7, 11) is 0. The fourth-order valence-corrected chi connectivity index (χ4v) is 7.11. The molecule has 0 amide bonds. The van der Waals surface area contributed by atoms with Crippen LogP contribution in [0.5, 0.6) is 0 Å². The highest BCUT2D eigenvalue weighted by Crippen LogP contribution is 2.51. The Morgan fingerprint density at radius 2 is 1.15 bits per heavy atom. The fourth-order valence-electron chi connectivity index (χ4n) is 7.11. The van der Waals surface area contributed by atoms with Crippen LogP contribution in [-0.4, -0.2) is 61.2 Å². The van der Waals surface area contributed by atoms with Gasteiger partial charge in [0, 0.05) is 0 Å². The molecule has 3 aliphatic carbocycles. The highest BCUT2D eigenvalue weighted by molar-refractivity contribution is 6.10. The average Bonchev–Trinajstić information content (AvgIpc) is 3.28. The van der Waals surface area contributed by atoms with Gasteiger partial charge in [0.05, 0.1) is 0 Å². The van der Waals surface area contributed by atoms with Crippen LogP contribution >= 0.6 is 0 Å². The first-order chi connectivity index (χ1) is 18.6. The molecule has 0 N–H and O–H groups in total. The van der Waals surface area contributed by atoms with Crippen molar-refractivity contribution in [2.45, 2.75) is 117 Å². The van der Waals surface area contributed by atoms with Gasteiger partial charge in [0.25, 0.3) is 0 Å². The lowest BCUT2D eigenvalue weighted by Crippen LogP contribution is -2.38. The fraction of sp³-hybridized carbons (Fsp3) is 0.871. The highest BCUT2D eigenvalue weighted by Gasteiger charge is 2.59. The van der Waals surface area contributed by atoms with Crippen LogP contribution in [0.25, 0.3) is 0 Å². The molecule has 0 radical (unpaired) electrons. The summed E-state index contributed by atoms with van der Waals surface area (Å²) in [4.78, 5) is 35.5. The second kappa shape index (κ2) is 11.4. The van der Waals surface area contributed by atoms with Gasteiger partial charge < -0.3 is 18.9 Å². The maximum atomic E-state index is 13.1. The van der Waals surface area contributed by atoms with Crippen molar-refractivity contribution in [2.75, 3.05) is 13.2 Å². The van der Waals surface area contributed by atoms with Gasteiger partial charge in [-0.1, -0.05) is 54.4 Å². The Kier molecular flexibility index (Phi) is 8.30. The number of aliphatic imine (C=N–C) groups is 2. The predicted molar refractivity (Wildman–Crippen MR) is 148 cm³/mol. The van der Waals surface area contributed by atoms with E-state index < -0.39 is 17.5 Å². The number of nitrogens with zero attached hydrogens (tertiary/aromatic N) is 2. The molecule has 5 rings (SSSR count). The summed E-state index contributed by atoms with van der Waals surface area (Å²) in [5.74, 6) is 3.21. The van der Waals surface area contributed by atoms with Crippen molar-refractivity contribution in [2.24, 2.45) is 50.9 Å². The van der Waals surface area contributed by atoms with Gasteiger partial charge in [-0.2, -0.15) is 0 Å². The summed E-state index contributed by atoms with van der Waals surface area (Å²) in [6.45, 7) is 13.6. The van der Waals surface area contributed by atoms with Crippen LogP contribution in [0, 0.1) is 40.9 Å². The van der Waals surface area contributed by atoms with E-state index >= 15 is 0 Å². The van der Waals surface area contributed by atoms with Crippen LogP contribution in [0.15, 0.2) is 9.98 Å². The molecule has 0 aromatic rings. The van der Waals surface area contributed by atoms with Gasteiger partial charge in [-0.15, -0.1) is 0 Å². The highest BCUT2D eigenvalue weighted by atomic mass is 16.6. The van der Waals surface area contributed by atoms with E-state index in [2.05, 4.69) is 51.5 Å².